The van der Waals surface area contributed by atoms with Gasteiger partial charge < -0.3 is 5.32 Å². The van der Waals surface area contributed by atoms with E-state index in [9.17, 15) is 19.7 Å². The number of non-ortho nitro benzene ring substituents is 1. The molecule has 0 aromatic heterocycles. The van der Waals surface area contributed by atoms with Crippen molar-refractivity contribution in [1.82, 2.24) is 0 Å². The van der Waals surface area contributed by atoms with Gasteiger partial charge in [-0.25, -0.2) is 4.90 Å². The molecule has 1 unspecified atom stereocenters. The molecule has 1 aliphatic carbocycles. The maximum absolute atomic E-state index is 12.7. The van der Waals surface area contributed by atoms with E-state index in [1.807, 2.05) is 12.1 Å². The number of fused-ring (bicyclic) bond motifs is 1. The number of rotatable bonds is 4. The number of imide groups is 1. The number of nitro groups is 1. The summed E-state index contributed by atoms with van der Waals surface area (Å²) in [5, 5.41) is 14.1. The van der Waals surface area contributed by atoms with Crippen molar-refractivity contribution in [2.24, 2.45) is 0 Å². The maximum Gasteiger partial charge on any atom is 0.271 e. The molecule has 0 spiro atoms. The summed E-state index contributed by atoms with van der Waals surface area (Å²) < 4.78 is 0. The molecule has 1 heterocycles. The third kappa shape index (κ3) is 2.81. The second-order valence-electron chi connectivity index (χ2n) is 6.58. The zero-order valence-electron chi connectivity index (χ0n) is 14.0. The Balaban J connectivity index is 1.56. The number of benzene rings is 2. The standard InChI is InChI=1S/C19H17N3O4/c23-18-11-17(20-14-8-7-12-3-1-4-13(12)9-14)19(24)21(18)15-5-2-6-16(10-15)22(25)26/h2,5-10,17,20H,1,3-4,11H2. The fourth-order valence-corrected chi connectivity index (χ4v) is 3.62. The molecule has 2 aliphatic rings. The van der Waals surface area contributed by atoms with Crippen molar-refractivity contribution in [2.75, 3.05) is 10.2 Å². The predicted octanol–water partition coefficient (Wildman–Crippen LogP) is 2.83. The number of amides is 2. The van der Waals surface area contributed by atoms with Crippen molar-refractivity contribution in [3.63, 3.8) is 0 Å². The summed E-state index contributed by atoms with van der Waals surface area (Å²) in [6.45, 7) is 0. The molecular weight excluding hydrogens is 334 g/mol. The molecule has 2 aromatic carbocycles. The molecule has 1 fully saturated rings. The van der Waals surface area contributed by atoms with Crippen molar-refractivity contribution in [1.29, 1.82) is 0 Å². The number of carbonyl (C=O) groups excluding carboxylic acids is 2. The topological polar surface area (TPSA) is 92.6 Å². The van der Waals surface area contributed by atoms with Crippen LogP contribution in [0.1, 0.15) is 24.0 Å². The Morgan fingerprint density at radius 2 is 1.88 bits per heavy atom. The molecule has 2 aromatic rings. The Bertz CT molecular complexity index is 925. The molecule has 26 heavy (non-hydrogen) atoms. The fraction of sp³-hybridized carbons (Fsp3) is 0.263. The van der Waals surface area contributed by atoms with E-state index in [2.05, 4.69) is 11.4 Å². The van der Waals surface area contributed by atoms with Crippen LogP contribution in [0.4, 0.5) is 17.1 Å². The second kappa shape index (κ2) is 6.25. The van der Waals surface area contributed by atoms with Crippen LogP contribution in [0.15, 0.2) is 42.5 Å². The number of nitrogens with zero attached hydrogens (tertiary/aromatic N) is 2. The monoisotopic (exact) mass is 351 g/mol. The minimum absolute atomic E-state index is 0.0264. The van der Waals surface area contributed by atoms with E-state index in [1.165, 1.54) is 35.4 Å². The lowest BCUT2D eigenvalue weighted by atomic mass is 10.1. The lowest BCUT2D eigenvalue weighted by Gasteiger charge is -2.16. The highest BCUT2D eigenvalue weighted by Gasteiger charge is 2.40. The summed E-state index contributed by atoms with van der Waals surface area (Å²) >= 11 is 0. The molecule has 7 heteroatoms. The zero-order chi connectivity index (χ0) is 18.3. The summed E-state index contributed by atoms with van der Waals surface area (Å²) in [6, 6.07) is 10.9. The molecule has 1 N–H and O–H groups in total. The fourth-order valence-electron chi connectivity index (χ4n) is 3.62. The highest BCUT2D eigenvalue weighted by molar-refractivity contribution is 6.23. The van der Waals surface area contributed by atoms with Crippen molar-refractivity contribution in [3.05, 3.63) is 63.7 Å². The summed E-state index contributed by atoms with van der Waals surface area (Å²) in [4.78, 5) is 36.5. The van der Waals surface area contributed by atoms with Gasteiger partial charge >= 0.3 is 0 Å². The van der Waals surface area contributed by atoms with Crippen molar-refractivity contribution < 1.29 is 14.5 Å². The van der Waals surface area contributed by atoms with Crippen LogP contribution in [-0.2, 0) is 22.4 Å². The van der Waals surface area contributed by atoms with E-state index in [0.29, 0.717) is 0 Å². The second-order valence-corrected chi connectivity index (χ2v) is 6.58. The smallest absolute Gasteiger partial charge is 0.271 e. The number of hydrogen-bond acceptors (Lipinski definition) is 5. The first-order chi connectivity index (χ1) is 12.5. The zero-order valence-corrected chi connectivity index (χ0v) is 14.0. The molecule has 1 atom stereocenters. The quantitative estimate of drug-likeness (QED) is 0.519. The average molecular weight is 351 g/mol. The van der Waals surface area contributed by atoms with Gasteiger partial charge in [-0.1, -0.05) is 12.1 Å². The van der Waals surface area contributed by atoms with E-state index in [4.69, 9.17) is 0 Å². The van der Waals surface area contributed by atoms with Gasteiger partial charge in [-0.2, -0.15) is 0 Å². The van der Waals surface area contributed by atoms with Crippen LogP contribution in [0.25, 0.3) is 0 Å². The van der Waals surface area contributed by atoms with E-state index in [-0.39, 0.29) is 23.7 Å². The number of aryl methyl sites for hydroxylation is 2. The van der Waals surface area contributed by atoms with Crippen LogP contribution in [0, 0.1) is 10.1 Å². The first kappa shape index (κ1) is 16.3. The minimum Gasteiger partial charge on any atom is -0.373 e. The Hall–Kier alpha value is -3.22. The number of carbonyl (C=O) groups is 2. The van der Waals surface area contributed by atoms with Crippen molar-refractivity contribution >= 4 is 28.9 Å². The Morgan fingerprint density at radius 3 is 2.69 bits per heavy atom. The van der Waals surface area contributed by atoms with Crippen molar-refractivity contribution in [2.45, 2.75) is 31.7 Å². The predicted molar refractivity (Wildman–Crippen MR) is 96.1 cm³/mol. The molecule has 2 amide bonds. The molecule has 7 nitrogen and oxygen atoms in total. The number of anilines is 2. The molecule has 1 saturated heterocycles. The summed E-state index contributed by atoms with van der Waals surface area (Å²) in [6.07, 6.45) is 3.28. The molecule has 4 rings (SSSR count). The van der Waals surface area contributed by atoms with Crippen LogP contribution < -0.4 is 10.2 Å². The van der Waals surface area contributed by atoms with E-state index >= 15 is 0 Å². The number of nitro benzene ring substituents is 1. The lowest BCUT2D eigenvalue weighted by Crippen LogP contribution is -2.34. The molecule has 1 aliphatic heterocycles. The van der Waals surface area contributed by atoms with Gasteiger partial charge in [0.1, 0.15) is 6.04 Å². The van der Waals surface area contributed by atoms with Gasteiger partial charge in [0.2, 0.25) is 5.91 Å². The van der Waals surface area contributed by atoms with Gasteiger partial charge in [0.05, 0.1) is 17.0 Å². The summed E-state index contributed by atoms with van der Waals surface area (Å²) in [5.41, 5.74) is 3.51. The van der Waals surface area contributed by atoms with Gasteiger partial charge in [-0.15, -0.1) is 0 Å². The number of hydrogen-bond donors (Lipinski definition) is 1. The van der Waals surface area contributed by atoms with Gasteiger partial charge in [-0.3, -0.25) is 19.7 Å². The first-order valence-electron chi connectivity index (χ1n) is 8.52. The van der Waals surface area contributed by atoms with Crippen LogP contribution in [-0.4, -0.2) is 22.8 Å². The molecule has 0 saturated carbocycles. The van der Waals surface area contributed by atoms with Crippen LogP contribution in [0.3, 0.4) is 0 Å². The van der Waals surface area contributed by atoms with E-state index in [1.54, 1.807) is 0 Å². The Labute approximate surface area is 149 Å². The van der Waals surface area contributed by atoms with E-state index in [0.717, 1.165) is 29.8 Å². The van der Waals surface area contributed by atoms with Gasteiger partial charge in [-0.05, 0) is 48.6 Å². The molecule has 0 bridgehead atoms. The Kier molecular flexibility index (Phi) is 3.91. The highest BCUT2D eigenvalue weighted by Crippen LogP contribution is 2.29. The van der Waals surface area contributed by atoms with Crippen LogP contribution in [0.2, 0.25) is 0 Å². The maximum atomic E-state index is 12.7. The highest BCUT2D eigenvalue weighted by atomic mass is 16.6. The molecular formula is C19H17N3O4. The lowest BCUT2D eigenvalue weighted by molar-refractivity contribution is -0.384. The van der Waals surface area contributed by atoms with Crippen molar-refractivity contribution in [3.8, 4) is 0 Å². The molecule has 0 radical (unpaired) electrons. The summed E-state index contributed by atoms with van der Waals surface area (Å²) in [5.74, 6) is -0.759. The van der Waals surface area contributed by atoms with Gasteiger partial charge in [0, 0.05) is 17.8 Å². The van der Waals surface area contributed by atoms with Crippen LogP contribution in [0.5, 0.6) is 0 Å². The summed E-state index contributed by atoms with van der Waals surface area (Å²) in [7, 11) is 0. The third-order valence-electron chi connectivity index (χ3n) is 4.88. The Morgan fingerprint density at radius 1 is 1.08 bits per heavy atom. The minimum atomic E-state index is -0.666. The SMILES string of the molecule is O=C1CC(Nc2ccc3c(c2)CCC3)C(=O)N1c1cccc([N+](=O)[O-])c1. The first-order valence-corrected chi connectivity index (χ1v) is 8.52. The largest absolute Gasteiger partial charge is 0.373 e. The normalized spacial score (nSPS) is 18.9. The van der Waals surface area contributed by atoms with Gasteiger partial charge in [0.15, 0.2) is 0 Å². The van der Waals surface area contributed by atoms with Gasteiger partial charge in [0.25, 0.3) is 11.6 Å². The average Bonchev–Trinajstić information content (AvgIpc) is 3.19. The number of nitrogens with one attached hydrogen (secondary N) is 1. The molecule has 132 valence electrons. The van der Waals surface area contributed by atoms with E-state index < -0.39 is 16.9 Å². The van der Waals surface area contributed by atoms with Crippen LogP contribution >= 0.6 is 0 Å². The third-order valence-corrected chi connectivity index (χ3v) is 4.88.